The van der Waals surface area contributed by atoms with Gasteiger partial charge in [-0.1, -0.05) is 25.5 Å². The zero-order chi connectivity index (χ0) is 18.3. The van der Waals surface area contributed by atoms with Crippen LogP contribution in [0.2, 0.25) is 0 Å². The van der Waals surface area contributed by atoms with E-state index >= 15 is 0 Å². The molecule has 0 unspecified atom stereocenters. The summed E-state index contributed by atoms with van der Waals surface area (Å²) >= 11 is 0. The van der Waals surface area contributed by atoms with Crippen molar-refractivity contribution in [3.8, 4) is 0 Å². The number of amides is 2. The molecule has 1 spiro atoms. The summed E-state index contributed by atoms with van der Waals surface area (Å²) in [5, 5.41) is 2.97. The second-order valence-corrected chi connectivity index (χ2v) is 7.91. The fourth-order valence-corrected chi connectivity index (χ4v) is 4.30. The smallest absolute Gasteiger partial charge is 0.259 e. The zero-order valence-corrected chi connectivity index (χ0v) is 15.0. The predicted molar refractivity (Wildman–Crippen MR) is 93.8 cm³/mol. The number of benzene rings is 1. The Bertz CT molecular complexity index is 721. The van der Waals surface area contributed by atoms with Crippen LogP contribution >= 0.6 is 0 Å². The summed E-state index contributed by atoms with van der Waals surface area (Å²) in [6, 6.07) is 5.46. The molecule has 2 amide bonds. The standard InChI is InChI=1S/C20H25FN2O3/c1-13-5-4-10-20(11-13)23(19(25)15-6-2-3-7-16(15)21)17(12-26-20)18(24)22-14-8-9-14/h2-3,6-7,13-14,17H,4-5,8-12H2,1H3,(H,22,24)/t13-,17-,20-/m1/s1. The minimum atomic E-state index is -0.803. The van der Waals surface area contributed by atoms with Crippen LogP contribution in [-0.2, 0) is 9.53 Å². The fraction of sp³-hybridized carbons (Fsp3) is 0.600. The molecule has 1 aliphatic heterocycles. The van der Waals surface area contributed by atoms with E-state index in [1.807, 2.05) is 0 Å². The van der Waals surface area contributed by atoms with Crippen LogP contribution < -0.4 is 5.32 Å². The molecule has 3 aliphatic rings. The molecule has 3 fully saturated rings. The maximum Gasteiger partial charge on any atom is 0.259 e. The second-order valence-electron chi connectivity index (χ2n) is 7.91. The molecule has 26 heavy (non-hydrogen) atoms. The van der Waals surface area contributed by atoms with Crippen molar-refractivity contribution >= 4 is 11.8 Å². The topological polar surface area (TPSA) is 58.6 Å². The summed E-state index contributed by atoms with van der Waals surface area (Å²) in [7, 11) is 0. The van der Waals surface area contributed by atoms with Gasteiger partial charge < -0.3 is 10.1 Å². The molecule has 0 radical (unpaired) electrons. The van der Waals surface area contributed by atoms with E-state index in [0.29, 0.717) is 18.8 Å². The van der Waals surface area contributed by atoms with Crippen LogP contribution in [0.5, 0.6) is 0 Å². The van der Waals surface area contributed by atoms with E-state index in [2.05, 4.69) is 12.2 Å². The van der Waals surface area contributed by atoms with Crippen LogP contribution in [0.4, 0.5) is 4.39 Å². The maximum atomic E-state index is 14.3. The molecule has 1 aromatic rings. The number of halogens is 1. The molecule has 1 aromatic carbocycles. The number of nitrogens with one attached hydrogen (secondary N) is 1. The first-order chi connectivity index (χ1) is 12.5. The van der Waals surface area contributed by atoms with E-state index in [0.717, 1.165) is 25.7 Å². The Labute approximate surface area is 152 Å². The molecule has 3 atom stereocenters. The van der Waals surface area contributed by atoms with Crippen molar-refractivity contribution in [2.75, 3.05) is 6.61 Å². The van der Waals surface area contributed by atoms with Crippen LogP contribution in [0, 0.1) is 11.7 Å². The van der Waals surface area contributed by atoms with Crippen molar-refractivity contribution in [1.82, 2.24) is 10.2 Å². The summed E-state index contributed by atoms with van der Waals surface area (Å²) in [5.74, 6) is -0.812. The third-order valence-electron chi connectivity index (χ3n) is 5.74. The summed E-state index contributed by atoms with van der Waals surface area (Å²) in [5.41, 5.74) is -0.803. The number of rotatable bonds is 3. The van der Waals surface area contributed by atoms with Crippen LogP contribution in [0.15, 0.2) is 24.3 Å². The van der Waals surface area contributed by atoms with Gasteiger partial charge in [-0.2, -0.15) is 0 Å². The van der Waals surface area contributed by atoms with Gasteiger partial charge >= 0.3 is 0 Å². The summed E-state index contributed by atoms with van der Waals surface area (Å²) < 4.78 is 20.4. The highest BCUT2D eigenvalue weighted by Gasteiger charge is 2.54. The van der Waals surface area contributed by atoms with Gasteiger partial charge in [-0.25, -0.2) is 4.39 Å². The minimum absolute atomic E-state index is 0.000163. The lowest BCUT2D eigenvalue weighted by Crippen LogP contribution is -2.57. The van der Waals surface area contributed by atoms with Gasteiger partial charge in [0.15, 0.2) is 0 Å². The van der Waals surface area contributed by atoms with Crippen molar-refractivity contribution in [3.05, 3.63) is 35.6 Å². The van der Waals surface area contributed by atoms with Gasteiger partial charge in [0.2, 0.25) is 5.91 Å². The van der Waals surface area contributed by atoms with Gasteiger partial charge in [0, 0.05) is 6.04 Å². The summed E-state index contributed by atoms with van der Waals surface area (Å²) in [6.07, 6.45) is 5.32. The van der Waals surface area contributed by atoms with Gasteiger partial charge in [0.25, 0.3) is 5.91 Å². The molecular formula is C20H25FN2O3. The van der Waals surface area contributed by atoms with E-state index < -0.39 is 23.5 Å². The first-order valence-electron chi connectivity index (χ1n) is 9.53. The highest BCUT2D eigenvalue weighted by Crippen LogP contribution is 2.43. The maximum absolute atomic E-state index is 14.3. The Balaban J connectivity index is 1.68. The number of nitrogens with zero attached hydrogens (tertiary/aromatic N) is 1. The van der Waals surface area contributed by atoms with Gasteiger partial charge in [0.05, 0.1) is 12.2 Å². The number of hydrogen-bond acceptors (Lipinski definition) is 3. The van der Waals surface area contributed by atoms with Gasteiger partial charge in [-0.3, -0.25) is 14.5 Å². The Hall–Kier alpha value is -1.95. The second kappa shape index (κ2) is 6.65. The summed E-state index contributed by atoms with van der Waals surface area (Å²) in [4.78, 5) is 27.6. The molecule has 5 nitrogen and oxygen atoms in total. The van der Waals surface area contributed by atoms with Crippen molar-refractivity contribution < 1.29 is 18.7 Å². The van der Waals surface area contributed by atoms with E-state index in [4.69, 9.17) is 4.74 Å². The first-order valence-corrected chi connectivity index (χ1v) is 9.53. The van der Waals surface area contributed by atoms with Crippen LogP contribution in [0.3, 0.4) is 0 Å². The Kier molecular flexibility index (Phi) is 4.47. The minimum Gasteiger partial charge on any atom is -0.353 e. The Morgan fingerprint density at radius 3 is 2.73 bits per heavy atom. The van der Waals surface area contributed by atoms with Crippen LogP contribution in [0.1, 0.15) is 55.8 Å². The van der Waals surface area contributed by atoms with E-state index in [1.54, 1.807) is 17.0 Å². The average molecular weight is 360 g/mol. The van der Waals surface area contributed by atoms with Crippen molar-refractivity contribution in [2.24, 2.45) is 5.92 Å². The van der Waals surface area contributed by atoms with Crippen molar-refractivity contribution in [2.45, 2.75) is 63.3 Å². The predicted octanol–water partition coefficient (Wildman–Crippen LogP) is 2.85. The summed E-state index contributed by atoms with van der Waals surface area (Å²) in [6.45, 7) is 2.30. The molecule has 2 saturated carbocycles. The largest absolute Gasteiger partial charge is 0.353 e. The van der Waals surface area contributed by atoms with Gasteiger partial charge in [0.1, 0.15) is 17.6 Å². The lowest BCUT2D eigenvalue weighted by Gasteiger charge is -2.43. The molecular weight excluding hydrogens is 335 g/mol. The normalized spacial score (nSPS) is 31.2. The quantitative estimate of drug-likeness (QED) is 0.902. The van der Waals surface area contributed by atoms with E-state index in [1.165, 1.54) is 12.1 Å². The lowest BCUT2D eigenvalue weighted by molar-refractivity contribution is -0.128. The first kappa shape index (κ1) is 17.5. The molecule has 4 rings (SSSR count). The highest BCUT2D eigenvalue weighted by atomic mass is 19.1. The van der Waals surface area contributed by atoms with Crippen LogP contribution in [-0.4, -0.2) is 41.1 Å². The Morgan fingerprint density at radius 1 is 1.27 bits per heavy atom. The molecule has 1 N–H and O–H groups in total. The molecule has 2 aliphatic carbocycles. The van der Waals surface area contributed by atoms with E-state index in [-0.39, 0.29) is 24.1 Å². The molecule has 140 valence electrons. The highest BCUT2D eigenvalue weighted by molar-refractivity contribution is 5.98. The molecule has 1 heterocycles. The number of carbonyl (C=O) groups is 2. The van der Waals surface area contributed by atoms with E-state index in [9.17, 15) is 14.0 Å². The van der Waals surface area contributed by atoms with Gasteiger partial charge in [-0.05, 0) is 50.2 Å². The number of carbonyl (C=O) groups excluding carboxylic acids is 2. The Morgan fingerprint density at radius 2 is 2.04 bits per heavy atom. The van der Waals surface area contributed by atoms with Crippen LogP contribution in [0.25, 0.3) is 0 Å². The lowest BCUT2D eigenvalue weighted by atomic mass is 9.83. The fourth-order valence-electron chi connectivity index (χ4n) is 4.30. The van der Waals surface area contributed by atoms with Crippen molar-refractivity contribution in [1.29, 1.82) is 0 Å². The number of hydrogen-bond donors (Lipinski definition) is 1. The molecule has 0 aromatic heterocycles. The number of ether oxygens (including phenoxy) is 1. The SMILES string of the molecule is C[C@@H]1CCC[C@]2(C1)OC[C@H](C(=O)NC1CC1)N2C(=O)c1ccccc1F. The third kappa shape index (κ3) is 3.11. The third-order valence-corrected chi connectivity index (χ3v) is 5.74. The average Bonchev–Trinajstić information content (AvgIpc) is 3.35. The molecule has 0 bridgehead atoms. The van der Waals surface area contributed by atoms with Crippen molar-refractivity contribution in [3.63, 3.8) is 0 Å². The zero-order valence-electron chi connectivity index (χ0n) is 15.0. The molecule has 6 heteroatoms. The monoisotopic (exact) mass is 360 g/mol. The van der Waals surface area contributed by atoms with Gasteiger partial charge in [-0.15, -0.1) is 0 Å². The molecule has 1 saturated heterocycles.